The average molecular weight is 386 g/mol. The Morgan fingerprint density at radius 2 is 2.04 bits per heavy atom. The molecule has 1 fully saturated rings. The largest absolute Gasteiger partial charge is 0.377 e. The number of ether oxygens (including phenoxy) is 1. The van der Waals surface area contributed by atoms with E-state index in [4.69, 9.17) is 14.2 Å². The van der Waals surface area contributed by atoms with Crippen LogP contribution in [0.4, 0.5) is 0 Å². The molecule has 0 spiro atoms. The summed E-state index contributed by atoms with van der Waals surface area (Å²) in [4.78, 5) is 23.7. The Kier molecular flexibility index (Phi) is 6.78. The Morgan fingerprint density at radius 3 is 2.68 bits per heavy atom. The molecule has 3 heterocycles. The van der Waals surface area contributed by atoms with Crippen LogP contribution in [0.25, 0.3) is 0 Å². The molecular weight excluding hydrogens is 356 g/mol. The number of aryl methyl sites for hydroxylation is 3. The Balaban J connectivity index is 1.57. The number of hydrogen-bond acceptors (Lipinski definition) is 6. The number of piperidine rings is 1. The predicted molar refractivity (Wildman–Crippen MR) is 105 cm³/mol. The quantitative estimate of drug-likeness (QED) is 0.726. The van der Waals surface area contributed by atoms with Crippen LogP contribution < -0.4 is 0 Å². The van der Waals surface area contributed by atoms with Crippen LogP contribution in [0.2, 0.25) is 0 Å². The highest BCUT2D eigenvalue weighted by molar-refractivity contribution is 5.76. The first-order valence-electron chi connectivity index (χ1n) is 10.1. The number of rotatable bonds is 7. The van der Waals surface area contributed by atoms with E-state index in [1.54, 1.807) is 0 Å². The molecule has 0 bridgehead atoms. The highest BCUT2D eigenvalue weighted by Crippen LogP contribution is 2.30. The van der Waals surface area contributed by atoms with Crippen molar-refractivity contribution < 1.29 is 14.1 Å². The van der Waals surface area contributed by atoms with Gasteiger partial charge in [0, 0.05) is 49.4 Å². The normalized spacial score (nSPS) is 15.2. The van der Waals surface area contributed by atoms with E-state index in [0.29, 0.717) is 32.0 Å². The van der Waals surface area contributed by atoms with Crippen molar-refractivity contribution in [2.24, 2.45) is 0 Å². The summed E-state index contributed by atoms with van der Waals surface area (Å²) in [5.41, 5.74) is 4.09. The lowest BCUT2D eigenvalue weighted by molar-refractivity contribution is -0.132. The number of nitrogens with zero attached hydrogens (tertiary/aromatic N) is 4. The van der Waals surface area contributed by atoms with Gasteiger partial charge >= 0.3 is 0 Å². The van der Waals surface area contributed by atoms with E-state index >= 15 is 0 Å². The van der Waals surface area contributed by atoms with Crippen molar-refractivity contribution >= 4 is 5.91 Å². The Bertz CT molecular complexity index is 790. The maximum atomic E-state index is 12.7. The standard InChI is InChI=1S/C21H30N4O3/c1-5-27-13-18-12-22-16(4)23-21(18)17-8-10-25(11-9-17)20(26)7-6-19-14(2)24-28-15(19)3/h12,17H,5-11,13H2,1-4H3. The summed E-state index contributed by atoms with van der Waals surface area (Å²) in [7, 11) is 0. The Morgan fingerprint density at radius 1 is 1.29 bits per heavy atom. The summed E-state index contributed by atoms with van der Waals surface area (Å²) in [6, 6.07) is 0. The summed E-state index contributed by atoms with van der Waals surface area (Å²) < 4.78 is 10.8. The summed E-state index contributed by atoms with van der Waals surface area (Å²) in [5, 5.41) is 3.96. The van der Waals surface area contributed by atoms with Gasteiger partial charge in [0.1, 0.15) is 11.6 Å². The van der Waals surface area contributed by atoms with E-state index in [2.05, 4.69) is 10.1 Å². The van der Waals surface area contributed by atoms with Gasteiger partial charge in [-0.3, -0.25) is 4.79 Å². The highest BCUT2D eigenvalue weighted by atomic mass is 16.5. The molecule has 0 saturated carbocycles. The topological polar surface area (TPSA) is 81.4 Å². The van der Waals surface area contributed by atoms with Gasteiger partial charge < -0.3 is 14.2 Å². The molecule has 1 aliphatic heterocycles. The van der Waals surface area contributed by atoms with Crippen LogP contribution in [-0.2, 0) is 22.6 Å². The molecule has 0 radical (unpaired) electrons. The lowest BCUT2D eigenvalue weighted by Crippen LogP contribution is -2.38. The second-order valence-electron chi connectivity index (χ2n) is 7.42. The molecule has 0 atom stereocenters. The number of hydrogen-bond donors (Lipinski definition) is 0. The number of carbonyl (C=O) groups is 1. The van der Waals surface area contributed by atoms with Crippen molar-refractivity contribution in [2.75, 3.05) is 19.7 Å². The van der Waals surface area contributed by atoms with Crippen LogP contribution in [-0.4, -0.2) is 45.6 Å². The first-order valence-corrected chi connectivity index (χ1v) is 10.1. The summed E-state index contributed by atoms with van der Waals surface area (Å²) in [6.45, 7) is 10.5. The molecule has 7 heteroatoms. The predicted octanol–water partition coefficient (Wildman–Crippen LogP) is 3.27. The number of likely N-dealkylation sites (tertiary alicyclic amines) is 1. The van der Waals surface area contributed by atoms with Crippen molar-refractivity contribution in [1.29, 1.82) is 0 Å². The number of amides is 1. The fraction of sp³-hybridized carbons (Fsp3) is 0.619. The van der Waals surface area contributed by atoms with Crippen LogP contribution in [0.5, 0.6) is 0 Å². The minimum atomic E-state index is 0.201. The van der Waals surface area contributed by atoms with E-state index in [1.165, 1.54) is 0 Å². The lowest BCUT2D eigenvalue weighted by atomic mass is 9.90. The van der Waals surface area contributed by atoms with Gasteiger partial charge in [-0.05, 0) is 47.0 Å². The van der Waals surface area contributed by atoms with Crippen LogP contribution >= 0.6 is 0 Å². The van der Waals surface area contributed by atoms with Crippen LogP contribution in [0, 0.1) is 20.8 Å². The van der Waals surface area contributed by atoms with Gasteiger partial charge in [-0.1, -0.05) is 5.16 Å². The third-order valence-electron chi connectivity index (χ3n) is 5.48. The smallest absolute Gasteiger partial charge is 0.222 e. The molecule has 3 rings (SSSR count). The molecule has 1 aliphatic rings. The zero-order chi connectivity index (χ0) is 20.1. The minimum absolute atomic E-state index is 0.201. The van der Waals surface area contributed by atoms with E-state index in [9.17, 15) is 4.79 Å². The molecule has 0 unspecified atom stereocenters. The third-order valence-corrected chi connectivity index (χ3v) is 5.48. The van der Waals surface area contributed by atoms with E-state index in [0.717, 1.165) is 60.0 Å². The summed E-state index contributed by atoms with van der Waals surface area (Å²) in [6.07, 6.45) is 4.91. The third kappa shape index (κ3) is 4.76. The van der Waals surface area contributed by atoms with Crippen LogP contribution in [0.1, 0.15) is 66.2 Å². The fourth-order valence-electron chi connectivity index (χ4n) is 3.84. The monoisotopic (exact) mass is 386 g/mol. The fourth-order valence-corrected chi connectivity index (χ4v) is 3.84. The van der Waals surface area contributed by atoms with Gasteiger partial charge in [0.25, 0.3) is 0 Å². The molecule has 2 aromatic heterocycles. The Hall–Kier alpha value is -2.28. The number of carbonyl (C=O) groups excluding carboxylic acids is 1. The maximum Gasteiger partial charge on any atom is 0.222 e. The molecule has 1 saturated heterocycles. The molecule has 0 aliphatic carbocycles. The molecule has 28 heavy (non-hydrogen) atoms. The van der Waals surface area contributed by atoms with Crippen molar-refractivity contribution in [2.45, 2.75) is 65.9 Å². The molecular formula is C21H30N4O3. The highest BCUT2D eigenvalue weighted by Gasteiger charge is 2.26. The summed E-state index contributed by atoms with van der Waals surface area (Å²) >= 11 is 0. The maximum absolute atomic E-state index is 12.7. The first-order chi connectivity index (χ1) is 13.5. The van der Waals surface area contributed by atoms with Gasteiger partial charge in [0.2, 0.25) is 5.91 Å². The second-order valence-corrected chi connectivity index (χ2v) is 7.42. The van der Waals surface area contributed by atoms with Crippen molar-refractivity contribution in [1.82, 2.24) is 20.0 Å². The van der Waals surface area contributed by atoms with Crippen molar-refractivity contribution in [3.8, 4) is 0 Å². The van der Waals surface area contributed by atoms with E-state index in [1.807, 2.05) is 38.8 Å². The van der Waals surface area contributed by atoms with Crippen LogP contribution in [0.15, 0.2) is 10.7 Å². The second kappa shape index (κ2) is 9.28. The van der Waals surface area contributed by atoms with Gasteiger partial charge in [-0.2, -0.15) is 0 Å². The van der Waals surface area contributed by atoms with Gasteiger partial charge in [0.15, 0.2) is 0 Å². The van der Waals surface area contributed by atoms with E-state index in [-0.39, 0.29) is 5.91 Å². The molecule has 2 aromatic rings. The van der Waals surface area contributed by atoms with Gasteiger partial charge in [0.05, 0.1) is 18.0 Å². The van der Waals surface area contributed by atoms with Gasteiger partial charge in [-0.25, -0.2) is 9.97 Å². The van der Waals surface area contributed by atoms with E-state index < -0.39 is 0 Å². The van der Waals surface area contributed by atoms with Crippen LogP contribution in [0.3, 0.4) is 0 Å². The zero-order valence-corrected chi connectivity index (χ0v) is 17.3. The average Bonchev–Trinajstić information content (AvgIpc) is 3.03. The first kappa shape index (κ1) is 20.5. The Labute approximate surface area is 166 Å². The van der Waals surface area contributed by atoms with Crippen molar-refractivity contribution in [3.63, 3.8) is 0 Å². The molecule has 152 valence electrons. The van der Waals surface area contributed by atoms with Gasteiger partial charge in [-0.15, -0.1) is 0 Å². The zero-order valence-electron chi connectivity index (χ0n) is 17.3. The molecule has 0 N–H and O–H groups in total. The molecule has 0 aromatic carbocycles. The minimum Gasteiger partial charge on any atom is -0.377 e. The summed E-state index contributed by atoms with van der Waals surface area (Å²) in [5.74, 6) is 2.15. The SMILES string of the molecule is CCOCc1cnc(C)nc1C1CCN(C(=O)CCc2c(C)noc2C)CC1. The lowest BCUT2D eigenvalue weighted by Gasteiger charge is -2.32. The number of aromatic nitrogens is 3. The van der Waals surface area contributed by atoms with Crippen molar-refractivity contribution in [3.05, 3.63) is 40.3 Å². The molecule has 7 nitrogen and oxygen atoms in total. The molecule has 1 amide bonds.